The van der Waals surface area contributed by atoms with Crippen molar-refractivity contribution >= 4 is 29.2 Å². The Kier molecular flexibility index (Phi) is 6.84. The van der Waals surface area contributed by atoms with Crippen molar-refractivity contribution in [3.8, 4) is 5.75 Å². The van der Waals surface area contributed by atoms with Crippen LogP contribution in [0.1, 0.15) is 20.8 Å². The fraction of sp³-hybridized carbons (Fsp3) is 0.409. The van der Waals surface area contributed by atoms with Crippen molar-refractivity contribution in [1.29, 1.82) is 0 Å². The van der Waals surface area contributed by atoms with Crippen LogP contribution in [0, 0.1) is 0 Å². The number of urea groups is 1. The summed E-state index contributed by atoms with van der Waals surface area (Å²) in [4.78, 5) is 32.4. The number of piperazine rings is 1. The Morgan fingerprint density at radius 2 is 1.68 bits per heavy atom. The Morgan fingerprint density at radius 1 is 1.00 bits per heavy atom. The summed E-state index contributed by atoms with van der Waals surface area (Å²) in [5.41, 5.74) is 1.74. The lowest BCUT2D eigenvalue weighted by Gasteiger charge is -2.36. The molecule has 2 aromatic rings. The lowest BCUT2D eigenvalue weighted by Crippen LogP contribution is -2.50. The molecule has 3 rings (SSSR count). The number of nitrogens with zero attached hydrogens (tertiary/aromatic N) is 3. The number of methoxy groups -OCH3 is 1. The lowest BCUT2D eigenvalue weighted by atomic mass is 10.2. The predicted molar refractivity (Wildman–Crippen MR) is 120 cm³/mol. The van der Waals surface area contributed by atoms with E-state index in [0.717, 1.165) is 5.69 Å². The van der Waals surface area contributed by atoms with E-state index in [9.17, 15) is 9.59 Å². The molecule has 2 heterocycles. The Hall–Kier alpha value is -3.49. The first-order valence-electron chi connectivity index (χ1n) is 10.1. The quantitative estimate of drug-likeness (QED) is 0.771. The Balaban J connectivity index is 1.51. The first-order valence-corrected chi connectivity index (χ1v) is 10.1. The monoisotopic (exact) mass is 427 g/mol. The van der Waals surface area contributed by atoms with Crippen molar-refractivity contribution in [1.82, 2.24) is 9.88 Å². The summed E-state index contributed by atoms with van der Waals surface area (Å²) >= 11 is 0. The number of amides is 3. The fourth-order valence-corrected chi connectivity index (χ4v) is 3.16. The Bertz CT molecular complexity index is 903. The Morgan fingerprint density at radius 3 is 2.29 bits per heavy atom. The normalized spacial score (nSPS) is 14.1. The van der Waals surface area contributed by atoms with Crippen LogP contribution in [0.4, 0.5) is 26.7 Å². The number of nitrogens with one attached hydrogen (secondary N) is 2. The van der Waals surface area contributed by atoms with Crippen molar-refractivity contribution in [3.63, 3.8) is 0 Å². The van der Waals surface area contributed by atoms with Gasteiger partial charge in [0.1, 0.15) is 5.60 Å². The van der Waals surface area contributed by atoms with Gasteiger partial charge < -0.3 is 29.9 Å². The molecule has 166 valence electrons. The molecule has 0 bridgehead atoms. The number of ether oxygens (including phenoxy) is 2. The topological polar surface area (TPSA) is 96.0 Å². The fourth-order valence-electron chi connectivity index (χ4n) is 3.16. The van der Waals surface area contributed by atoms with Crippen molar-refractivity contribution in [2.75, 3.05) is 48.8 Å². The molecule has 3 amide bonds. The summed E-state index contributed by atoms with van der Waals surface area (Å²) in [6, 6.07) is 8.89. The second kappa shape index (κ2) is 9.55. The molecule has 1 aliphatic heterocycles. The number of pyridine rings is 1. The second-order valence-electron chi connectivity index (χ2n) is 8.16. The maximum atomic E-state index is 12.3. The molecule has 1 saturated heterocycles. The molecule has 0 saturated carbocycles. The van der Waals surface area contributed by atoms with Gasteiger partial charge in [0.05, 0.1) is 19.0 Å². The molecular weight excluding hydrogens is 398 g/mol. The van der Waals surface area contributed by atoms with Crippen LogP contribution >= 0.6 is 0 Å². The van der Waals surface area contributed by atoms with Crippen molar-refractivity contribution in [2.24, 2.45) is 0 Å². The van der Waals surface area contributed by atoms with Crippen LogP contribution in [0.2, 0.25) is 0 Å². The van der Waals surface area contributed by atoms with Crippen LogP contribution in [0.15, 0.2) is 42.7 Å². The van der Waals surface area contributed by atoms with Gasteiger partial charge in [0.15, 0.2) is 5.75 Å². The molecule has 9 nitrogen and oxygen atoms in total. The molecule has 1 aromatic heterocycles. The van der Waals surface area contributed by atoms with E-state index in [1.807, 2.05) is 45.0 Å². The zero-order valence-electron chi connectivity index (χ0n) is 18.3. The summed E-state index contributed by atoms with van der Waals surface area (Å²) < 4.78 is 10.6. The van der Waals surface area contributed by atoms with Gasteiger partial charge in [0.2, 0.25) is 0 Å². The first-order chi connectivity index (χ1) is 14.7. The van der Waals surface area contributed by atoms with Gasteiger partial charge in [-0.15, -0.1) is 0 Å². The van der Waals surface area contributed by atoms with E-state index in [2.05, 4.69) is 20.5 Å². The number of benzene rings is 1. The van der Waals surface area contributed by atoms with E-state index in [0.29, 0.717) is 43.3 Å². The third-order valence-electron chi connectivity index (χ3n) is 4.67. The maximum absolute atomic E-state index is 12.3. The minimum Gasteiger partial charge on any atom is -0.493 e. The van der Waals surface area contributed by atoms with Crippen molar-refractivity contribution in [3.05, 3.63) is 42.7 Å². The molecule has 31 heavy (non-hydrogen) atoms. The van der Waals surface area contributed by atoms with Gasteiger partial charge in [-0.25, -0.2) is 9.59 Å². The number of aromatic nitrogens is 1. The largest absolute Gasteiger partial charge is 0.493 e. The Labute approximate surface area is 182 Å². The summed E-state index contributed by atoms with van der Waals surface area (Å²) in [7, 11) is 1.52. The zero-order chi connectivity index (χ0) is 22.4. The van der Waals surface area contributed by atoms with Crippen LogP contribution in [-0.4, -0.2) is 60.9 Å². The second-order valence-corrected chi connectivity index (χ2v) is 8.16. The summed E-state index contributed by atoms with van der Waals surface area (Å²) in [6.45, 7) is 8.23. The van der Waals surface area contributed by atoms with E-state index in [1.54, 1.807) is 17.2 Å². The number of hydrogen-bond acceptors (Lipinski definition) is 6. The molecule has 1 aromatic carbocycles. The molecule has 0 spiro atoms. The standard InChI is InChI=1S/C22H29N5O4/c1-22(2,3)31-21(29)27-13-11-26(12-14-27)17-7-5-16(6-8-17)24-20(28)25-18-9-10-23-15-19(18)30-4/h5-10,15H,11-14H2,1-4H3,(H2,23,24,25,28). The molecule has 1 fully saturated rings. The zero-order valence-corrected chi connectivity index (χ0v) is 18.3. The maximum Gasteiger partial charge on any atom is 0.410 e. The van der Waals surface area contributed by atoms with Crippen LogP contribution in [0.25, 0.3) is 0 Å². The highest BCUT2D eigenvalue weighted by Gasteiger charge is 2.25. The smallest absolute Gasteiger partial charge is 0.410 e. The highest BCUT2D eigenvalue weighted by molar-refractivity contribution is 6.00. The third kappa shape index (κ3) is 6.24. The van der Waals surface area contributed by atoms with Gasteiger partial charge in [-0.2, -0.15) is 0 Å². The van der Waals surface area contributed by atoms with Crippen LogP contribution in [0.3, 0.4) is 0 Å². The summed E-state index contributed by atoms with van der Waals surface area (Å²) in [6.07, 6.45) is 2.84. The molecule has 0 radical (unpaired) electrons. The minimum absolute atomic E-state index is 0.275. The van der Waals surface area contributed by atoms with E-state index >= 15 is 0 Å². The van der Waals surface area contributed by atoms with E-state index in [1.165, 1.54) is 13.3 Å². The van der Waals surface area contributed by atoms with Gasteiger partial charge >= 0.3 is 12.1 Å². The van der Waals surface area contributed by atoms with Gasteiger partial charge in [0, 0.05) is 43.8 Å². The number of rotatable bonds is 4. The van der Waals surface area contributed by atoms with Gasteiger partial charge in [-0.1, -0.05) is 0 Å². The van der Waals surface area contributed by atoms with Gasteiger partial charge in [0.25, 0.3) is 0 Å². The average molecular weight is 428 g/mol. The molecule has 2 N–H and O–H groups in total. The molecular formula is C22H29N5O4. The average Bonchev–Trinajstić information content (AvgIpc) is 2.73. The van der Waals surface area contributed by atoms with Crippen molar-refractivity contribution < 1.29 is 19.1 Å². The van der Waals surface area contributed by atoms with Crippen LogP contribution in [0.5, 0.6) is 5.75 Å². The van der Waals surface area contributed by atoms with E-state index < -0.39 is 5.60 Å². The molecule has 0 atom stereocenters. The highest BCUT2D eigenvalue weighted by atomic mass is 16.6. The number of carbonyl (C=O) groups is 2. The third-order valence-corrected chi connectivity index (χ3v) is 4.67. The summed E-state index contributed by atoms with van der Waals surface area (Å²) in [5.74, 6) is 0.485. The minimum atomic E-state index is -0.494. The lowest BCUT2D eigenvalue weighted by molar-refractivity contribution is 0.0240. The number of anilines is 3. The van der Waals surface area contributed by atoms with Gasteiger partial charge in [-0.3, -0.25) is 4.98 Å². The highest BCUT2D eigenvalue weighted by Crippen LogP contribution is 2.23. The van der Waals surface area contributed by atoms with E-state index in [4.69, 9.17) is 9.47 Å². The SMILES string of the molecule is COc1cnccc1NC(=O)Nc1ccc(N2CCN(C(=O)OC(C)(C)C)CC2)cc1. The first kappa shape index (κ1) is 22.2. The van der Waals surface area contributed by atoms with E-state index in [-0.39, 0.29) is 12.1 Å². The van der Waals surface area contributed by atoms with Gasteiger partial charge in [-0.05, 0) is 51.1 Å². The van der Waals surface area contributed by atoms with Crippen LogP contribution < -0.4 is 20.3 Å². The molecule has 0 aliphatic carbocycles. The van der Waals surface area contributed by atoms with Crippen molar-refractivity contribution in [2.45, 2.75) is 26.4 Å². The van der Waals surface area contributed by atoms with Crippen LogP contribution in [-0.2, 0) is 4.74 Å². The summed E-state index contributed by atoms with van der Waals surface area (Å²) in [5, 5.41) is 5.55. The predicted octanol–water partition coefficient (Wildman–Crippen LogP) is 3.79. The molecule has 0 unspecified atom stereocenters. The number of carbonyl (C=O) groups excluding carboxylic acids is 2. The molecule has 9 heteroatoms. The number of hydrogen-bond donors (Lipinski definition) is 2. The molecule has 1 aliphatic rings.